The van der Waals surface area contributed by atoms with E-state index in [2.05, 4.69) is 54.7 Å². The summed E-state index contributed by atoms with van der Waals surface area (Å²) in [4.78, 5) is 13.6. The summed E-state index contributed by atoms with van der Waals surface area (Å²) < 4.78 is 26.8. The molecule has 0 fully saturated rings. The second-order valence-electron chi connectivity index (χ2n) is 9.38. The lowest BCUT2D eigenvalue weighted by Gasteiger charge is -2.27. The molecule has 0 aliphatic carbocycles. The molecule has 0 saturated carbocycles. The van der Waals surface area contributed by atoms with Gasteiger partial charge in [-0.25, -0.2) is 18.8 Å². The lowest BCUT2D eigenvalue weighted by atomic mass is 10.1. The van der Waals surface area contributed by atoms with Crippen molar-refractivity contribution >= 4 is 57.1 Å². The molecular formula is C28H28Cl2F2N6S2. The topological polar surface area (TPSA) is 55.3 Å². The molecular weight excluding hydrogens is 593 g/mol. The van der Waals surface area contributed by atoms with E-state index in [0.717, 1.165) is 33.0 Å². The number of benzene rings is 3. The summed E-state index contributed by atoms with van der Waals surface area (Å²) in [6, 6.07) is 18.0. The van der Waals surface area contributed by atoms with Gasteiger partial charge >= 0.3 is 0 Å². The fourth-order valence-corrected chi connectivity index (χ4v) is 6.41. The third-order valence-electron chi connectivity index (χ3n) is 6.36. The monoisotopic (exact) mass is 620 g/mol. The Morgan fingerprint density at radius 2 is 1.15 bits per heavy atom. The molecule has 40 heavy (non-hydrogen) atoms. The highest BCUT2D eigenvalue weighted by Gasteiger charge is 2.16. The zero-order valence-corrected chi connectivity index (χ0v) is 24.7. The quantitative estimate of drug-likeness (QED) is 0.300. The molecule has 6 nitrogen and oxygen atoms in total. The first-order valence-corrected chi connectivity index (χ1v) is 15.4. The molecule has 12 heteroatoms. The SMILES string of the molecule is Fc1ccc(CN2CN=C(SCc3ccccc3CSC3=NCN(Cc4ccc(F)c(Cl)c4)CN3)NC2)cc1Cl. The van der Waals surface area contributed by atoms with Gasteiger partial charge in [0.1, 0.15) is 11.6 Å². The minimum atomic E-state index is -0.406. The highest BCUT2D eigenvalue weighted by molar-refractivity contribution is 8.13. The van der Waals surface area contributed by atoms with Crippen LogP contribution in [0.15, 0.2) is 70.6 Å². The van der Waals surface area contributed by atoms with Gasteiger partial charge in [-0.1, -0.05) is 83.1 Å². The van der Waals surface area contributed by atoms with E-state index in [1.165, 1.54) is 23.3 Å². The summed E-state index contributed by atoms with van der Waals surface area (Å²) in [5, 5.41) is 8.87. The van der Waals surface area contributed by atoms with E-state index >= 15 is 0 Å². The molecule has 0 saturated heterocycles. The van der Waals surface area contributed by atoms with Gasteiger partial charge in [0.25, 0.3) is 0 Å². The van der Waals surface area contributed by atoms with Crippen LogP contribution in [0.2, 0.25) is 10.0 Å². The molecule has 0 radical (unpaired) electrons. The molecule has 210 valence electrons. The van der Waals surface area contributed by atoms with E-state index in [1.807, 2.05) is 0 Å². The van der Waals surface area contributed by atoms with Gasteiger partial charge in [0.2, 0.25) is 0 Å². The van der Waals surface area contributed by atoms with Crippen molar-refractivity contribution in [3.63, 3.8) is 0 Å². The Balaban J connectivity index is 1.08. The molecule has 0 amide bonds. The van der Waals surface area contributed by atoms with Gasteiger partial charge in [0.05, 0.1) is 36.7 Å². The van der Waals surface area contributed by atoms with E-state index in [9.17, 15) is 8.78 Å². The predicted octanol–water partition coefficient (Wildman–Crippen LogP) is 6.49. The fourth-order valence-electron chi connectivity index (χ4n) is 4.23. The average molecular weight is 622 g/mol. The summed E-state index contributed by atoms with van der Waals surface area (Å²) in [6.45, 7) is 3.75. The maximum absolute atomic E-state index is 13.4. The second-order valence-corrected chi connectivity index (χ2v) is 12.1. The maximum atomic E-state index is 13.4. The Kier molecular flexibility index (Phi) is 10.2. The summed E-state index contributed by atoms with van der Waals surface area (Å²) >= 11 is 15.2. The number of rotatable bonds is 8. The van der Waals surface area contributed by atoms with Gasteiger partial charge < -0.3 is 10.6 Å². The Morgan fingerprint density at radius 3 is 1.52 bits per heavy atom. The van der Waals surface area contributed by atoms with Gasteiger partial charge in [0, 0.05) is 24.6 Å². The maximum Gasteiger partial charge on any atom is 0.159 e. The Bertz CT molecular complexity index is 1300. The predicted molar refractivity (Wildman–Crippen MR) is 164 cm³/mol. The number of aliphatic imine (C=N–C) groups is 2. The number of hydrogen-bond donors (Lipinski definition) is 2. The van der Waals surface area contributed by atoms with Crippen molar-refractivity contribution < 1.29 is 8.78 Å². The zero-order chi connectivity index (χ0) is 27.9. The molecule has 3 aromatic carbocycles. The Hall–Kier alpha value is -2.34. The molecule has 3 aromatic rings. The third-order valence-corrected chi connectivity index (χ3v) is 8.95. The Morgan fingerprint density at radius 1 is 0.700 bits per heavy atom. The highest BCUT2D eigenvalue weighted by Crippen LogP contribution is 2.24. The van der Waals surface area contributed by atoms with Crippen LogP contribution in [0.3, 0.4) is 0 Å². The molecule has 2 aliphatic heterocycles. The van der Waals surface area contributed by atoms with E-state index in [-0.39, 0.29) is 10.0 Å². The van der Waals surface area contributed by atoms with Crippen LogP contribution in [-0.4, -0.2) is 46.8 Å². The minimum Gasteiger partial charge on any atom is -0.352 e. The van der Waals surface area contributed by atoms with Gasteiger partial charge in [-0.05, 0) is 46.5 Å². The van der Waals surface area contributed by atoms with Crippen LogP contribution in [0.25, 0.3) is 0 Å². The largest absolute Gasteiger partial charge is 0.352 e. The summed E-state index contributed by atoms with van der Waals surface area (Å²) in [5.74, 6) is 0.808. The van der Waals surface area contributed by atoms with Crippen LogP contribution in [0, 0.1) is 11.6 Å². The molecule has 5 rings (SSSR count). The minimum absolute atomic E-state index is 0.139. The number of halogens is 4. The summed E-state index contributed by atoms with van der Waals surface area (Å²) in [5.41, 5.74) is 4.43. The van der Waals surface area contributed by atoms with Crippen LogP contribution < -0.4 is 10.6 Å². The summed E-state index contributed by atoms with van der Waals surface area (Å²) in [7, 11) is 0. The number of nitrogens with zero attached hydrogens (tertiary/aromatic N) is 4. The molecule has 0 atom stereocenters. The first kappa shape index (κ1) is 29.2. The van der Waals surface area contributed by atoms with Crippen molar-refractivity contribution in [1.82, 2.24) is 20.4 Å². The van der Waals surface area contributed by atoms with Crippen molar-refractivity contribution in [2.24, 2.45) is 9.98 Å². The van der Waals surface area contributed by atoms with Crippen molar-refractivity contribution in [3.05, 3.63) is 105 Å². The molecule has 0 unspecified atom stereocenters. The van der Waals surface area contributed by atoms with Gasteiger partial charge in [0.15, 0.2) is 10.3 Å². The fraction of sp³-hybridized carbons (Fsp3) is 0.286. The Labute approximate surface area is 251 Å². The lowest BCUT2D eigenvalue weighted by molar-refractivity contribution is 0.258. The van der Waals surface area contributed by atoms with Gasteiger partial charge in [-0.3, -0.25) is 9.80 Å². The number of nitrogens with one attached hydrogen (secondary N) is 2. The third kappa shape index (κ3) is 8.11. The average Bonchev–Trinajstić information content (AvgIpc) is 2.97. The smallest absolute Gasteiger partial charge is 0.159 e. The molecule has 0 spiro atoms. The van der Waals surface area contributed by atoms with Crippen molar-refractivity contribution in [1.29, 1.82) is 0 Å². The second kappa shape index (κ2) is 14.0. The van der Waals surface area contributed by atoms with Crippen LogP contribution >= 0.6 is 46.7 Å². The molecule has 2 N–H and O–H groups in total. The van der Waals surface area contributed by atoms with Crippen molar-refractivity contribution in [2.75, 3.05) is 26.7 Å². The van der Waals surface area contributed by atoms with E-state index in [1.54, 1.807) is 47.8 Å². The molecule has 0 aromatic heterocycles. The normalized spacial score (nSPS) is 16.2. The number of amidine groups is 2. The first-order valence-electron chi connectivity index (χ1n) is 12.6. The van der Waals surface area contributed by atoms with E-state index in [0.29, 0.717) is 39.8 Å². The van der Waals surface area contributed by atoms with Crippen LogP contribution in [0.1, 0.15) is 22.3 Å². The lowest BCUT2D eigenvalue weighted by Crippen LogP contribution is -2.41. The van der Waals surface area contributed by atoms with E-state index < -0.39 is 11.6 Å². The number of hydrogen-bond acceptors (Lipinski definition) is 8. The highest BCUT2D eigenvalue weighted by atomic mass is 35.5. The van der Waals surface area contributed by atoms with Gasteiger partial charge in [-0.2, -0.15) is 0 Å². The standard InChI is InChI=1S/C28H28Cl2F2N6S2/c29-23-9-19(5-7-25(23)31)11-37-15-33-27(34-16-37)39-13-21-3-1-2-4-22(21)14-40-28-35-17-38(18-36-28)12-20-6-8-26(32)24(30)10-20/h1-10H,11-18H2,(H,33,34)(H,35,36). The van der Waals surface area contributed by atoms with Crippen LogP contribution in [-0.2, 0) is 24.6 Å². The van der Waals surface area contributed by atoms with Crippen molar-refractivity contribution in [2.45, 2.75) is 24.6 Å². The van der Waals surface area contributed by atoms with Gasteiger partial charge in [-0.15, -0.1) is 0 Å². The van der Waals surface area contributed by atoms with Crippen LogP contribution in [0.4, 0.5) is 8.78 Å². The van der Waals surface area contributed by atoms with Crippen LogP contribution in [0.5, 0.6) is 0 Å². The summed E-state index contributed by atoms with van der Waals surface area (Å²) in [6.07, 6.45) is 0. The number of thioether (sulfide) groups is 2. The molecule has 0 bridgehead atoms. The van der Waals surface area contributed by atoms with E-state index in [4.69, 9.17) is 23.2 Å². The molecule has 2 aliphatic rings. The molecule has 2 heterocycles. The zero-order valence-electron chi connectivity index (χ0n) is 21.5. The van der Waals surface area contributed by atoms with Crippen molar-refractivity contribution in [3.8, 4) is 0 Å². The first-order chi connectivity index (χ1) is 19.4.